The summed E-state index contributed by atoms with van der Waals surface area (Å²) in [5.74, 6) is 0. The lowest BCUT2D eigenvalue weighted by molar-refractivity contribution is 0.774. The zero-order chi connectivity index (χ0) is 9.10. The van der Waals surface area contributed by atoms with E-state index in [1.165, 1.54) is 31.0 Å². The van der Waals surface area contributed by atoms with Crippen LogP contribution in [0.1, 0.15) is 18.4 Å². The maximum Gasteiger partial charge on any atom is 0 e. The van der Waals surface area contributed by atoms with Gasteiger partial charge >= 0.3 is 0 Å². The third-order valence-corrected chi connectivity index (χ3v) is 5.69. The maximum atomic E-state index is 2.47. The fourth-order valence-corrected chi connectivity index (χ4v) is 4.32. The lowest BCUT2D eigenvalue weighted by atomic mass is 10.1. The SMILES string of the molecule is CP1CCC[C@H]1Cc1ccccc1.[B]. The Bertz CT molecular complexity index is 260. The minimum atomic E-state index is 0. The van der Waals surface area contributed by atoms with E-state index in [1.54, 1.807) is 0 Å². The lowest BCUT2D eigenvalue weighted by Crippen LogP contribution is -2.03. The molecule has 0 aliphatic carbocycles. The molecule has 1 aromatic carbocycles. The topological polar surface area (TPSA) is 0 Å². The highest BCUT2D eigenvalue weighted by molar-refractivity contribution is 7.57. The molecule has 2 heteroatoms. The molecule has 0 aromatic heterocycles. The molecule has 0 spiro atoms. The zero-order valence-corrected chi connectivity index (χ0v) is 9.71. The molecule has 2 atom stereocenters. The van der Waals surface area contributed by atoms with Gasteiger partial charge in [0.05, 0.1) is 0 Å². The van der Waals surface area contributed by atoms with Crippen LogP contribution in [-0.2, 0) is 6.42 Å². The summed E-state index contributed by atoms with van der Waals surface area (Å²) in [5, 5.41) is 0. The molecular formula is C12H17BP. The number of hydrogen-bond donors (Lipinski definition) is 0. The molecule has 0 amide bonds. The molecule has 1 aliphatic rings. The van der Waals surface area contributed by atoms with Crippen molar-refractivity contribution in [1.82, 2.24) is 0 Å². The van der Waals surface area contributed by atoms with Crippen molar-refractivity contribution in [1.29, 1.82) is 0 Å². The van der Waals surface area contributed by atoms with Crippen LogP contribution in [0.4, 0.5) is 0 Å². The Morgan fingerprint density at radius 1 is 1.29 bits per heavy atom. The summed E-state index contributed by atoms with van der Waals surface area (Å²) in [6.45, 7) is 2.47. The molecule has 1 fully saturated rings. The predicted molar refractivity (Wildman–Crippen MR) is 66.6 cm³/mol. The Balaban J connectivity index is 0.000000980. The van der Waals surface area contributed by atoms with Crippen molar-refractivity contribution in [2.45, 2.75) is 24.9 Å². The molecular weight excluding hydrogens is 186 g/mol. The largest absolute Gasteiger partial charge is 0.106 e. The third-order valence-electron chi connectivity index (χ3n) is 2.99. The van der Waals surface area contributed by atoms with E-state index in [2.05, 4.69) is 37.0 Å². The van der Waals surface area contributed by atoms with E-state index in [4.69, 9.17) is 0 Å². The van der Waals surface area contributed by atoms with Gasteiger partial charge in [-0.2, -0.15) is 0 Å². The highest BCUT2D eigenvalue weighted by Gasteiger charge is 2.22. The van der Waals surface area contributed by atoms with E-state index in [1.807, 2.05) is 0 Å². The summed E-state index contributed by atoms with van der Waals surface area (Å²) < 4.78 is 0. The monoisotopic (exact) mass is 203 g/mol. The van der Waals surface area contributed by atoms with Crippen LogP contribution in [0.5, 0.6) is 0 Å². The lowest BCUT2D eigenvalue weighted by Gasteiger charge is -2.15. The normalized spacial score (nSPS) is 25.8. The van der Waals surface area contributed by atoms with Crippen LogP contribution in [0.2, 0.25) is 0 Å². The highest BCUT2D eigenvalue weighted by Crippen LogP contribution is 2.47. The van der Waals surface area contributed by atoms with E-state index in [-0.39, 0.29) is 8.41 Å². The second kappa shape index (κ2) is 5.56. The number of benzene rings is 1. The smallest absolute Gasteiger partial charge is 0 e. The van der Waals surface area contributed by atoms with Crippen LogP contribution >= 0.6 is 7.92 Å². The molecule has 2 rings (SSSR count). The average Bonchev–Trinajstić information content (AvgIpc) is 2.54. The quantitative estimate of drug-likeness (QED) is 0.511. The van der Waals surface area contributed by atoms with Crippen LogP contribution in [0.25, 0.3) is 0 Å². The van der Waals surface area contributed by atoms with Gasteiger partial charge in [-0.15, -0.1) is 7.92 Å². The molecule has 1 unspecified atom stereocenters. The van der Waals surface area contributed by atoms with Crippen molar-refractivity contribution < 1.29 is 0 Å². The summed E-state index contributed by atoms with van der Waals surface area (Å²) >= 11 is 0. The Labute approximate surface area is 90.4 Å². The number of rotatable bonds is 2. The van der Waals surface area contributed by atoms with Gasteiger partial charge in [0.1, 0.15) is 0 Å². The first-order valence-electron chi connectivity index (χ1n) is 5.10. The Hall–Kier alpha value is -0.285. The molecule has 3 radical (unpaired) electrons. The van der Waals surface area contributed by atoms with Crippen molar-refractivity contribution in [3.05, 3.63) is 35.9 Å². The number of hydrogen-bond acceptors (Lipinski definition) is 0. The summed E-state index contributed by atoms with van der Waals surface area (Å²) in [7, 11) is 0.348. The van der Waals surface area contributed by atoms with Gasteiger partial charge < -0.3 is 0 Å². The van der Waals surface area contributed by atoms with Crippen molar-refractivity contribution in [3.8, 4) is 0 Å². The molecule has 1 aliphatic heterocycles. The minimum Gasteiger partial charge on any atom is -0.106 e. The third kappa shape index (κ3) is 2.85. The predicted octanol–water partition coefficient (Wildman–Crippen LogP) is 3.12. The Morgan fingerprint density at radius 3 is 2.57 bits per heavy atom. The standard InChI is InChI=1S/C12H17P.B/c1-13-9-5-8-12(13)10-11-6-3-2-4-7-11;/h2-4,6-7,12H,5,8-10H2,1H3;/t12-,13?;/m0./s1. The van der Waals surface area contributed by atoms with Gasteiger partial charge in [-0.1, -0.05) is 30.3 Å². The summed E-state index contributed by atoms with van der Waals surface area (Å²) in [4.78, 5) is 0. The van der Waals surface area contributed by atoms with Crippen molar-refractivity contribution >= 4 is 16.3 Å². The second-order valence-electron chi connectivity index (χ2n) is 3.97. The van der Waals surface area contributed by atoms with E-state index < -0.39 is 0 Å². The van der Waals surface area contributed by atoms with Gasteiger partial charge in [-0.05, 0) is 43.3 Å². The van der Waals surface area contributed by atoms with Gasteiger partial charge in [0.15, 0.2) is 0 Å². The fourth-order valence-electron chi connectivity index (χ4n) is 2.12. The first-order chi connectivity index (χ1) is 6.36. The maximum absolute atomic E-state index is 2.47. The van der Waals surface area contributed by atoms with Crippen molar-refractivity contribution in [3.63, 3.8) is 0 Å². The van der Waals surface area contributed by atoms with E-state index in [9.17, 15) is 0 Å². The molecule has 73 valence electrons. The summed E-state index contributed by atoms with van der Waals surface area (Å²) in [6, 6.07) is 10.9. The molecule has 14 heavy (non-hydrogen) atoms. The summed E-state index contributed by atoms with van der Waals surface area (Å²) in [5.41, 5.74) is 2.54. The van der Waals surface area contributed by atoms with E-state index in [0.29, 0.717) is 7.92 Å². The molecule has 0 saturated carbocycles. The highest BCUT2D eigenvalue weighted by atomic mass is 31.1. The van der Waals surface area contributed by atoms with Crippen LogP contribution in [0.3, 0.4) is 0 Å². The molecule has 0 nitrogen and oxygen atoms in total. The van der Waals surface area contributed by atoms with Crippen LogP contribution in [-0.4, -0.2) is 26.9 Å². The molecule has 0 bridgehead atoms. The van der Waals surface area contributed by atoms with Crippen LogP contribution < -0.4 is 0 Å². The molecule has 0 N–H and O–H groups in total. The van der Waals surface area contributed by atoms with E-state index >= 15 is 0 Å². The van der Waals surface area contributed by atoms with Gasteiger partial charge in [0.25, 0.3) is 0 Å². The van der Waals surface area contributed by atoms with Crippen molar-refractivity contribution in [2.24, 2.45) is 0 Å². The average molecular weight is 203 g/mol. The van der Waals surface area contributed by atoms with Gasteiger partial charge in [0.2, 0.25) is 0 Å². The van der Waals surface area contributed by atoms with Gasteiger partial charge in [-0.25, -0.2) is 0 Å². The Kier molecular flexibility index (Phi) is 4.68. The Morgan fingerprint density at radius 2 is 2.00 bits per heavy atom. The summed E-state index contributed by atoms with van der Waals surface area (Å²) in [6.07, 6.45) is 5.77. The van der Waals surface area contributed by atoms with Crippen LogP contribution in [0, 0.1) is 0 Å². The fraction of sp³-hybridized carbons (Fsp3) is 0.500. The second-order valence-corrected chi connectivity index (χ2v) is 6.66. The van der Waals surface area contributed by atoms with Gasteiger partial charge in [-0.3, -0.25) is 0 Å². The van der Waals surface area contributed by atoms with Gasteiger partial charge in [0, 0.05) is 8.41 Å². The van der Waals surface area contributed by atoms with Crippen molar-refractivity contribution in [2.75, 3.05) is 12.8 Å². The molecule has 1 aromatic rings. The first-order valence-corrected chi connectivity index (χ1v) is 7.15. The van der Waals surface area contributed by atoms with E-state index in [0.717, 1.165) is 5.66 Å². The molecule has 1 heterocycles. The van der Waals surface area contributed by atoms with Crippen LogP contribution in [0.15, 0.2) is 30.3 Å². The first kappa shape index (κ1) is 11.8. The minimum absolute atomic E-state index is 0. The molecule has 1 saturated heterocycles. The zero-order valence-electron chi connectivity index (χ0n) is 8.82.